The van der Waals surface area contributed by atoms with E-state index in [0.29, 0.717) is 24.2 Å². The second kappa shape index (κ2) is 11.0. The monoisotopic (exact) mass is 398 g/mol. The van der Waals surface area contributed by atoms with Crippen molar-refractivity contribution >= 4 is 23.4 Å². The minimum absolute atomic E-state index is 0.180. The van der Waals surface area contributed by atoms with Gasteiger partial charge in [0.05, 0.1) is 18.3 Å². The Kier molecular flexibility index (Phi) is 8.12. The Bertz CT molecular complexity index is 948. The number of hydrogen-bond acceptors (Lipinski definition) is 6. The van der Waals surface area contributed by atoms with E-state index in [2.05, 4.69) is 10.3 Å². The fourth-order valence-electron chi connectivity index (χ4n) is 2.03. The molecular weight excluding hydrogens is 382 g/mol. The maximum atomic E-state index is 12.8. The van der Waals surface area contributed by atoms with Crippen LogP contribution in [0.3, 0.4) is 0 Å². The molecule has 6 nitrogen and oxygen atoms in total. The van der Waals surface area contributed by atoms with E-state index < -0.39 is 17.8 Å². The van der Waals surface area contributed by atoms with E-state index in [0.717, 1.165) is 12.1 Å². The molecule has 2 aromatic carbocycles. The van der Waals surface area contributed by atoms with Gasteiger partial charge in [0.15, 0.2) is 0 Å². The van der Waals surface area contributed by atoms with Crippen LogP contribution in [0.1, 0.15) is 20.7 Å². The lowest BCUT2D eigenvalue weighted by Gasteiger charge is -2.03. The summed E-state index contributed by atoms with van der Waals surface area (Å²) in [6, 6.07) is 13.4. The average molecular weight is 398 g/mol. The smallest absolute Gasteiger partial charge is 0.312 e. The molecule has 0 radical (unpaired) electrons. The van der Waals surface area contributed by atoms with E-state index in [1.807, 2.05) is 0 Å². The highest BCUT2D eigenvalue weighted by molar-refractivity contribution is 6.18. The summed E-state index contributed by atoms with van der Waals surface area (Å²) in [5.74, 6) is -1.73. The third kappa shape index (κ3) is 6.62. The SMILES string of the molecule is CF.O=C(ON=C1C=CC(=NOC(=O)c2ccc(F)cc2)C=C1)c1ccccc1. The fourth-order valence-corrected chi connectivity index (χ4v) is 2.03. The predicted octanol–water partition coefficient (Wildman–Crippen LogP) is 4.26. The number of halogens is 2. The lowest BCUT2D eigenvalue weighted by atomic mass is 10.1. The molecule has 0 unspecified atom stereocenters. The maximum absolute atomic E-state index is 12.8. The number of benzene rings is 2. The van der Waals surface area contributed by atoms with E-state index in [9.17, 15) is 18.4 Å². The summed E-state index contributed by atoms with van der Waals surface area (Å²) in [6.45, 7) is 0. The largest absolute Gasteiger partial charge is 0.365 e. The van der Waals surface area contributed by atoms with Gasteiger partial charge in [-0.25, -0.2) is 14.0 Å². The van der Waals surface area contributed by atoms with Crippen molar-refractivity contribution in [2.24, 2.45) is 10.3 Å². The summed E-state index contributed by atoms with van der Waals surface area (Å²) in [4.78, 5) is 33.3. The van der Waals surface area contributed by atoms with Crippen LogP contribution in [0.25, 0.3) is 0 Å². The number of allylic oxidation sites excluding steroid dienone is 4. The number of alkyl halides is 1. The van der Waals surface area contributed by atoms with Crippen LogP contribution in [0.2, 0.25) is 0 Å². The van der Waals surface area contributed by atoms with Gasteiger partial charge >= 0.3 is 11.9 Å². The summed E-state index contributed by atoms with van der Waals surface area (Å²) in [7, 11) is 0.500. The van der Waals surface area contributed by atoms with E-state index in [1.165, 1.54) is 24.3 Å². The Labute approximate surface area is 165 Å². The Hall–Kier alpha value is -3.94. The highest BCUT2D eigenvalue weighted by Crippen LogP contribution is 2.07. The first-order chi connectivity index (χ1) is 14.1. The van der Waals surface area contributed by atoms with Gasteiger partial charge in [-0.05, 0) is 60.7 Å². The molecule has 3 rings (SSSR count). The van der Waals surface area contributed by atoms with E-state index in [1.54, 1.807) is 42.5 Å². The second-order valence-electron chi connectivity index (χ2n) is 5.33. The molecule has 1 aliphatic rings. The molecule has 0 N–H and O–H groups in total. The summed E-state index contributed by atoms with van der Waals surface area (Å²) < 4.78 is 22.3. The molecule has 2 aromatic rings. The lowest BCUT2D eigenvalue weighted by Crippen LogP contribution is -2.06. The van der Waals surface area contributed by atoms with Crippen LogP contribution in [0, 0.1) is 5.82 Å². The molecule has 0 atom stereocenters. The molecular formula is C21H16F2N2O4. The number of carbonyl (C=O) groups excluding carboxylic acids is 2. The number of carbonyl (C=O) groups is 2. The molecule has 29 heavy (non-hydrogen) atoms. The summed E-state index contributed by atoms with van der Waals surface area (Å²) in [6.07, 6.45) is 6.16. The van der Waals surface area contributed by atoms with Crippen molar-refractivity contribution in [1.82, 2.24) is 0 Å². The van der Waals surface area contributed by atoms with Gasteiger partial charge in [0, 0.05) is 0 Å². The van der Waals surface area contributed by atoms with Crippen molar-refractivity contribution in [1.29, 1.82) is 0 Å². The van der Waals surface area contributed by atoms with Crippen LogP contribution in [0.4, 0.5) is 8.78 Å². The fraction of sp³-hybridized carbons (Fsp3) is 0.0476. The molecule has 8 heteroatoms. The summed E-state index contributed by atoms with van der Waals surface area (Å²) in [5, 5.41) is 7.44. The van der Waals surface area contributed by atoms with Gasteiger partial charge < -0.3 is 9.68 Å². The summed E-state index contributed by atoms with van der Waals surface area (Å²) in [5.41, 5.74) is 1.32. The summed E-state index contributed by atoms with van der Waals surface area (Å²) >= 11 is 0. The number of rotatable bonds is 4. The van der Waals surface area contributed by atoms with E-state index in [-0.39, 0.29) is 5.56 Å². The predicted molar refractivity (Wildman–Crippen MR) is 104 cm³/mol. The van der Waals surface area contributed by atoms with Gasteiger partial charge in [-0.3, -0.25) is 4.39 Å². The first-order valence-electron chi connectivity index (χ1n) is 8.25. The van der Waals surface area contributed by atoms with Crippen molar-refractivity contribution in [3.05, 3.63) is 95.8 Å². The van der Waals surface area contributed by atoms with Gasteiger partial charge in [0.1, 0.15) is 17.2 Å². The zero-order chi connectivity index (χ0) is 21.1. The Balaban J connectivity index is 0.00000145. The van der Waals surface area contributed by atoms with Crippen molar-refractivity contribution < 1.29 is 28.0 Å². The molecule has 148 valence electrons. The van der Waals surface area contributed by atoms with Crippen molar-refractivity contribution in [3.63, 3.8) is 0 Å². The van der Waals surface area contributed by atoms with Crippen LogP contribution in [0.15, 0.2) is 89.2 Å². The number of oxime groups is 2. The molecule has 0 heterocycles. The first-order valence-corrected chi connectivity index (χ1v) is 8.25. The van der Waals surface area contributed by atoms with Gasteiger partial charge in [-0.15, -0.1) is 0 Å². The normalized spacial score (nSPS) is 11.8. The minimum atomic E-state index is -0.708. The molecule has 0 saturated carbocycles. The molecule has 0 bridgehead atoms. The van der Waals surface area contributed by atoms with E-state index >= 15 is 0 Å². The van der Waals surface area contributed by atoms with Crippen molar-refractivity contribution in [2.45, 2.75) is 0 Å². The quantitative estimate of drug-likeness (QED) is 0.438. The lowest BCUT2D eigenvalue weighted by molar-refractivity contribution is 0.0508. The number of nitrogens with zero attached hydrogens (tertiary/aromatic N) is 2. The van der Waals surface area contributed by atoms with Crippen LogP contribution < -0.4 is 0 Å². The van der Waals surface area contributed by atoms with Gasteiger partial charge in [-0.1, -0.05) is 28.5 Å². The van der Waals surface area contributed by atoms with Crippen molar-refractivity contribution in [3.8, 4) is 0 Å². The van der Waals surface area contributed by atoms with Crippen LogP contribution >= 0.6 is 0 Å². The van der Waals surface area contributed by atoms with Crippen molar-refractivity contribution in [2.75, 3.05) is 7.18 Å². The van der Waals surface area contributed by atoms with E-state index in [4.69, 9.17) is 9.68 Å². The minimum Gasteiger partial charge on any atom is -0.312 e. The Morgan fingerprint density at radius 2 is 1.10 bits per heavy atom. The number of hydrogen-bond donors (Lipinski definition) is 0. The molecule has 0 fully saturated rings. The topological polar surface area (TPSA) is 77.3 Å². The van der Waals surface area contributed by atoms with Gasteiger partial charge in [0.25, 0.3) is 0 Å². The third-order valence-electron chi connectivity index (χ3n) is 3.41. The van der Waals surface area contributed by atoms with Crippen LogP contribution in [-0.2, 0) is 9.68 Å². The molecule has 0 aliphatic heterocycles. The maximum Gasteiger partial charge on any atom is 0.365 e. The zero-order valence-corrected chi connectivity index (χ0v) is 15.3. The average Bonchev–Trinajstić information content (AvgIpc) is 2.79. The standard InChI is InChI=1S/C20H13FN2O4.CH3F/c21-16-8-6-15(7-9-16)20(25)27-23-18-12-10-17(11-13-18)22-26-19(24)14-4-2-1-3-5-14;1-2/h1-13H;1H3. The zero-order valence-electron chi connectivity index (χ0n) is 15.3. The Morgan fingerprint density at radius 1 is 0.690 bits per heavy atom. The van der Waals surface area contributed by atoms with Gasteiger partial charge in [0.2, 0.25) is 0 Å². The molecule has 0 spiro atoms. The first kappa shape index (κ1) is 21.4. The van der Waals surface area contributed by atoms with Gasteiger partial charge in [-0.2, -0.15) is 0 Å². The van der Waals surface area contributed by atoms with Crippen LogP contribution in [0.5, 0.6) is 0 Å². The highest BCUT2D eigenvalue weighted by atomic mass is 19.1. The second-order valence-corrected chi connectivity index (χ2v) is 5.33. The highest BCUT2D eigenvalue weighted by Gasteiger charge is 2.09. The van der Waals surface area contributed by atoms with Crippen LogP contribution in [-0.4, -0.2) is 30.5 Å². The molecule has 0 aromatic heterocycles. The Morgan fingerprint density at radius 3 is 1.55 bits per heavy atom. The molecule has 0 saturated heterocycles. The third-order valence-corrected chi connectivity index (χ3v) is 3.41. The molecule has 0 amide bonds. The molecule has 1 aliphatic carbocycles.